The summed E-state index contributed by atoms with van der Waals surface area (Å²) < 4.78 is 24.6. The molecule has 0 aliphatic carbocycles. The van der Waals surface area contributed by atoms with E-state index in [-0.39, 0.29) is 59.6 Å². The molecule has 0 atom stereocenters. The first-order chi connectivity index (χ1) is 14.6. The third-order valence-electron chi connectivity index (χ3n) is 4.81. The van der Waals surface area contributed by atoms with Gasteiger partial charge >= 0.3 is 0 Å². The number of piperazine rings is 1. The molecule has 12 heteroatoms. The highest BCUT2D eigenvalue weighted by atomic mass is 35.5. The van der Waals surface area contributed by atoms with Gasteiger partial charge < -0.3 is 10.2 Å². The number of para-hydroxylation sites is 1. The van der Waals surface area contributed by atoms with Crippen LogP contribution in [0, 0.1) is 10.1 Å². The minimum Gasteiger partial charge on any atom is -0.336 e. The Morgan fingerprint density at radius 3 is 2.29 bits per heavy atom. The van der Waals surface area contributed by atoms with Crippen molar-refractivity contribution in [3.63, 3.8) is 0 Å². The lowest BCUT2D eigenvalue weighted by Gasteiger charge is -2.33. The van der Waals surface area contributed by atoms with Crippen molar-refractivity contribution in [3.8, 4) is 0 Å². The average molecular weight is 467 g/mol. The van der Waals surface area contributed by atoms with Crippen LogP contribution in [0.3, 0.4) is 0 Å². The van der Waals surface area contributed by atoms with Crippen molar-refractivity contribution < 1.29 is 22.9 Å². The van der Waals surface area contributed by atoms with Gasteiger partial charge in [0.25, 0.3) is 17.5 Å². The van der Waals surface area contributed by atoms with E-state index in [1.165, 1.54) is 21.3 Å². The van der Waals surface area contributed by atoms with Gasteiger partial charge in [-0.15, -0.1) is 0 Å². The van der Waals surface area contributed by atoms with Crippen molar-refractivity contribution >= 4 is 44.8 Å². The molecule has 0 radical (unpaired) electrons. The van der Waals surface area contributed by atoms with Crippen LogP contribution in [0.1, 0.15) is 20.7 Å². The van der Waals surface area contributed by atoms with Gasteiger partial charge in [0.2, 0.25) is 10.0 Å². The van der Waals surface area contributed by atoms with Crippen molar-refractivity contribution in [3.05, 3.63) is 68.7 Å². The highest BCUT2D eigenvalue weighted by Gasteiger charge is 2.28. The standard InChI is InChI=1S/C19H19ClN4O6S/c1-31(29,30)23-10-8-22(9-11-23)19(26)15-4-2-3-5-17(15)21-18(25)14-7-6-13(24(27)28)12-16(14)20/h2-7,12H,8-11H2,1H3,(H,21,25). The lowest BCUT2D eigenvalue weighted by atomic mass is 10.1. The number of nitro groups is 1. The summed E-state index contributed by atoms with van der Waals surface area (Å²) in [4.78, 5) is 37.4. The first-order valence-corrected chi connectivity index (χ1v) is 11.4. The normalized spacial score (nSPS) is 14.8. The molecule has 0 aromatic heterocycles. The SMILES string of the molecule is CS(=O)(=O)N1CCN(C(=O)c2ccccc2NC(=O)c2ccc([N+](=O)[O-])cc2Cl)CC1. The summed E-state index contributed by atoms with van der Waals surface area (Å²) in [5.74, 6) is -0.971. The van der Waals surface area contributed by atoms with Crippen LogP contribution in [0.2, 0.25) is 5.02 Å². The Morgan fingerprint density at radius 1 is 1.06 bits per heavy atom. The number of halogens is 1. The monoisotopic (exact) mass is 466 g/mol. The maximum absolute atomic E-state index is 13.0. The molecule has 1 aliphatic heterocycles. The van der Waals surface area contributed by atoms with Crippen molar-refractivity contribution in [1.29, 1.82) is 0 Å². The zero-order chi connectivity index (χ0) is 22.8. The number of non-ortho nitro benzene ring substituents is 1. The molecule has 3 rings (SSSR count). The van der Waals surface area contributed by atoms with E-state index in [0.29, 0.717) is 0 Å². The molecule has 1 aliphatic rings. The molecular weight excluding hydrogens is 448 g/mol. The minimum atomic E-state index is -3.32. The molecule has 2 aromatic carbocycles. The van der Waals surface area contributed by atoms with Crippen LogP contribution in [0.4, 0.5) is 11.4 Å². The van der Waals surface area contributed by atoms with Gasteiger partial charge in [-0.3, -0.25) is 19.7 Å². The molecule has 2 aromatic rings. The average Bonchev–Trinajstić information content (AvgIpc) is 2.73. The second-order valence-electron chi connectivity index (χ2n) is 6.88. The van der Waals surface area contributed by atoms with E-state index in [4.69, 9.17) is 11.6 Å². The number of nitro benzene ring substituents is 1. The Balaban J connectivity index is 1.77. The van der Waals surface area contributed by atoms with Gasteiger partial charge in [0.05, 0.1) is 33.0 Å². The fourth-order valence-electron chi connectivity index (χ4n) is 3.16. The number of amides is 2. The summed E-state index contributed by atoms with van der Waals surface area (Å²) in [5.41, 5.74) is 0.265. The number of hydrogen-bond acceptors (Lipinski definition) is 6. The highest BCUT2D eigenvalue weighted by molar-refractivity contribution is 7.88. The second kappa shape index (κ2) is 9.00. The van der Waals surface area contributed by atoms with Crippen LogP contribution in [0.15, 0.2) is 42.5 Å². The highest BCUT2D eigenvalue weighted by Crippen LogP contribution is 2.25. The summed E-state index contributed by atoms with van der Waals surface area (Å²) in [6, 6.07) is 9.88. The van der Waals surface area contributed by atoms with Gasteiger partial charge in [0.1, 0.15) is 0 Å². The molecule has 2 amide bonds. The van der Waals surface area contributed by atoms with Crippen LogP contribution in [0.25, 0.3) is 0 Å². The fraction of sp³-hybridized carbons (Fsp3) is 0.263. The first kappa shape index (κ1) is 22.7. The molecule has 0 unspecified atom stereocenters. The van der Waals surface area contributed by atoms with Crippen LogP contribution < -0.4 is 5.32 Å². The van der Waals surface area contributed by atoms with Crippen molar-refractivity contribution in [1.82, 2.24) is 9.21 Å². The van der Waals surface area contributed by atoms with Gasteiger partial charge in [-0.1, -0.05) is 23.7 Å². The number of nitrogens with one attached hydrogen (secondary N) is 1. The van der Waals surface area contributed by atoms with Gasteiger partial charge in [-0.05, 0) is 18.2 Å². The summed E-state index contributed by atoms with van der Waals surface area (Å²) in [7, 11) is -3.32. The smallest absolute Gasteiger partial charge is 0.270 e. The molecule has 1 N–H and O–H groups in total. The van der Waals surface area contributed by atoms with Gasteiger partial charge in [-0.2, -0.15) is 4.31 Å². The molecule has 0 saturated carbocycles. The molecule has 1 heterocycles. The van der Waals surface area contributed by atoms with Crippen LogP contribution in [0.5, 0.6) is 0 Å². The zero-order valence-corrected chi connectivity index (χ0v) is 18.0. The minimum absolute atomic E-state index is 0.0243. The Bertz CT molecular complexity index is 1150. The van der Waals surface area contributed by atoms with Crippen molar-refractivity contribution in [2.75, 3.05) is 37.8 Å². The molecule has 31 heavy (non-hydrogen) atoms. The molecule has 1 fully saturated rings. The molecule has 1 saturated heterocycles. The van der Waals surface area contributed by atoms with E-state index in [1.807, 2.05) is 0 Å². The number of anilines is 1. The molecule has 0 bridgehead atoms. The lowest BCUT2D eigenvalue weighted by Crippen LogP contribution is -2.50. The predicted molar refractivity (Wildman–Crippen MR) is 115 cm³/mol. The van der Waals surface area contributed by atoms with E-state index in [1.54, 1.807) is 24.3 Å². The number of carbonyl (C=O) groups is 2. The number of hydrogen-bond donors (Lipinski definition) is 1. The molecular formula is C19H19ClN4O6S. The van der Waals surface area contributed by atoms with Gasteiger partial charge in [-0.25, -0.2) is 8.42 Å². The molecule has 10 nitrogen and oxygen atoms in total. The number of carbonyl (C=O) groups excluding carboxylic acids is 2. The van der Waals surface area contributed by atoms with E-state index in [2.05, 4.69) is 5.32 Å². The number of sulfonamides is 1. The summed E-state index contributed by atoms with van der Waals surface area (Å²) >= 11 is 6.01. The number of benzene rings is 2. The van der Waals surface area contributed by atoms with Crippen LogP contribution in [-0.4, -0.2) is 66.8 Å². The Labute approximate surface area is 183 Å². The van der Waals surface area contributed by atoms with Gasteiger partial charge in [0, 0.05) is 38.3 Å². The third-order valence-corrected chi connectivity index (χ3v) is 6.42. The largest absolute Gasteiger partial charge is 0.336 e. The predicted octanol–water partition coefficient (Wildman–Crippen LogP) is 2.22. The number of nitrogens with zero attached hydrogens (tertiary/aromatic N) is 3. The summed E-state index contributed by atoms with van der Waals surface area (Å²) in [5, 5.41) is 13.4. The Hall–Kier alpha value is -3.02. The fourth-order valence-corrected chi connectivity index (χ4v) is 4.25. The van der Waals surface area contributed by atoms with E-state index < -0.39 is 20.9 Å². The topological polar surface area (TPSA) is 130 Å². The third kappa shape index (κ3) is 5.19. The Morgan fingerprint density at radius 2 is 1.71 bits per heavy atom. The Kier molecular flexibility index (Phi) is 6.58. The maximum atomic E-state index is 13.0. The van der Waals surface area contributed by atoms with Crippen LogP contribution >= 0.6 is 11.6 Å². The van der Waals surface area contributed by atoms with Crippen molar-refractivity contribution in [2.45, 2.75) is 0 Å². The quantitative estimate of drug-likeness (QED) is 0.531. The van der Waals surface area contributed by atoms with Crippen molar-refractivity contribution in [2.24, 2.45) is 0 Å². The molecule has 164 valence electrons. The number of rotatable bonds is 5. The zero-order valence-electron chi connectivity index (χ0n) is 16.4. The summed E-state index contributed by atoms with van der Waals surface area (Å²) in [6.45, 7) is 0.833. The second-order valence-corrected chi connectivity index (χ2v) is 9.26. The first-order valence-electron chi connectivity index (χ1n) is 9.16. The van der Waals surface area contributed by atoms with Gasteiger partial charge in [0.15, 0.2) is 0 Å². The maximum Gasteiger partial charge on any atom is 0.270 e. The molecule has 0 spiro atoms. The van der Waals surface area contributed by atoms with E-state index in [0.717, 1.165) is 12.3 Å². The lowest BCUT2D eigenvalue weighted by molar-refractivity contribution is -0.384. The van der Waals surface area contributed by atoms with E-state index >= 15 is 0 Å². The van der Waals surface area contributed by atoms with Crippen LogP contribution in [-0.2, 0) is 10.0 Å². The summed E-state index contributed by atoms with van der Waals surface area (Å²) in [6.07, 6.45) is 1.12. The van der Waals surface area contributed by atoms with E-state index in [9.17, 15) is 28.1 Å².